The second-order valence-corrected chi connectivity index (χ2v) is 8.05. The highest BCUT2D eigenvalue weighted by Gasteiger charge is 2.29. The van der Waals surface area contributed by atoms with Crippen LogP contribution in [0, 0.1) is 0 Å². The summed E-state index contributed by atoms with van der Waals surface area (Å²) in [5, 5.41) is 4.48. The zero-order valence-corrected chi connectivity index (χ0v) is 16.7. The molecule has 0 bridgehead atoms. The van der Waals surface area contributed by atoms with Gasteiger partial charge in [0.1, 0.15) is 0 Å². The second-order valence-electron chi connectivity index (χ2n) is 6.22. The first-order valence-corrected chi connectivity index (χ1v) is 9.93. The highest BCUT2D eigenvalue weighted by atomic mass is 35.5. The number of urea groups is 1. The lowest BCUT2D eigenvalue weighted by Crippen LogP contribution is -2.55. The number of benzene rings is 1. The topological polar surface area (TPSA) is 74.2 Å². The molecule has 1 N–H and O–H groups in total. The SMILES string of the molecule is CC1CN(c2nccnc2Cl)CCN1C(=O)Nc1nc2ccc(Cl)cc2s1. The number of nitrogens with zero attached hydrogens (tertiary/aromatic N) is 5. The highest BCUT2D eigenvalue weighted by molar-refractivity contribution is 7.22. The number of halogens is 2. The summed E-state index contributed by atoms with van der Waals surface area (Å²) < 4.78 is 0.938. The zero-order chi connectivity index (χ0) is 19.0. The van der Waals surface area contributed by atoms with Crippen molar-refractivity contribution in [1.29, 1.82) is 0 Å². The lowest BCUT2D eigenvalue weighted by Gasteiger charge is -2.40. The molecule has 1 fully saturated rings. The summed E-state index contributed by atoms with van der Waals surface area (Å²) in [4.78, 5) is 29.4. The van der Waals surface area contributed by atoms with Crippen LogP contribution in [0.1, 0.15) is 6.92 Å². The van der Waals surface area contributed by atoms with Crippen molar-refractivity contribution in [2.45, 2.75) is 13.0 Å². The maximum absolute atomic E-state index is 12.7. The molecule has 0 spiro atoms. The number of hydrogen-bond acceptors (Lipinski definition) is 6. The Labute approximate surface area is 169 Å². The molecule has 1 aromatic carbocycles. The third kappa shape index (κ3) is 3.78. The van der Waals surface area contributed by atoms with Gasteiger partial charge in [0.2, 0.25) is 0 Å². The number of aromatic nitrogens is 3. The van der Waals surface area contributed by atoms with E-state index in [0.29, 0.717) is 40.8 Å². The molecule has 1 atom stereocenters. The Kier molecular flexibility index (Phi) is 5.03. The first-order valence-electron chi connectivity index (χ1n) is 8.36. The van der Waals surface area contributed by atoms with E-state index in [1.807, 2.05) is 24.0 Å². The van der Waals surface area contributed by atoms with Gasteiger partial charge in [0.15, 0.2) is 16.1 Å². The predicted molar refractivity (Wildman–Crippen MR) is 109 cm³/mol. The van der Waals surface area contributed by atoms with Crippen molar-refractivity contribution in [3.05, 3.63) is 40.8 Å². The Morgan fingerprint density at radius 3 is 2.85 bits per heavy atom. The fourth-order valence-corrected chi connectivity index (χ4v) is 4.45. The van der Waals surface area contributed by atoms with E-state index in [0.717, 1.165) is 10.2 Å². The Morgan fingerprint density at radius 2 is 2.07 bits per heavy atom. The standard InChI is InChI=1S/C17H16Cl2N6OS/c1-10-9-24(15-14(19)20-4-5-21-15)6-7-25(10)17(26)23-16-22-12-3-2-11(18)8-13(12)27-16/h2-5,8,10H,6-7,9H2,1H3,(H,22,23,26). The minimum Gasteiger partial charge on any atom is -0.350 e. The van der Waals surface area contributed by atoms with Crippen molar-refractivity contribution in [3.8, 4) is 0 Å². The van der Waals surface area contributed by atoms with Gasteiger partial charge < -0.3 is 9.80 Å². The molecule has 7 nitrogen and oxygen atoms in total. The molecule has 10 heteroatoms. The van der Waals surface area contributed by atoms with Gasteiger partial charge in [-0.15, -0.1) is 0 Å². The molecule has 4 rings (SSSR count). The lowest BCUT2D eigenvalue weighted by atomic mass is 10.2. The molecular weight excluding hydrogens is 407 g/mol. The van der Waals surface area contributed by atoms with Crippen LogP contribution >= 0.6 is 34.5 Å². The van der Waals surface area contributed by atoms with Crippen molar-refractivity contribution in [1.82, 2.24) is 19.9 Å². The van der Waals surface area contributed by atoms with Gasteiger partial charge in [-0.2, -0.15) is 0 Å². The van der Waals surface area contributed by atoms with Gasteiger partial charge in [0, 0.05) is 43.1 Å². The summed E-state index contributed by atoms with van der Waals surface area (Å²) in [6, 6.07) is 5.29. The monoisotopic (exact) mass is 422 g/mol. The van der Waals surface area contributed by atoms with Crippen molar-refractivity contribution < 1.29 is 4.79 Å². The van der Waals surface area contributed by atoms with Gasteiger partial charge in [-0.1, -0.05) is 34.5 Å². The van der Waals surface area contributed by atoms with Gasteiger partial charge in [0.25, 0.3) is 0 Å². The number of fused-ring (bicyclic) bond motifs is 1. The molecule has 0 aliphatic carbocycles. The maximum Gasteiger partial charge on any atom is 0.324 e. The molecule has 1 saturated heterocycles. The number of thiazole rings is 1. The Hall–Kier alpha value is -2.16. The summed E-state index contributed by atoms with van der Waals surface area (Å²) in [5.74, 6) is 0.647. The minimum absolute atomic E-state index is 0.0133. The van der Waals surface area contributed by atoms with E-state index in [1.165, 1.54) is 11.3 Å². The predicted octanol–water partition coefficient (Wildman–Crippen LogP) is 4.14. The fraction of sp³-hybridized carbons (Fsp3) is 0.294. The molecule has 3 aromatic rings. The third-order valence-corrected chi connectivity index (χ3v) is 5.82. The van der Waals surface area contributed by atoms with E-state index in [9.17, 15) is 4.79 Å². The van der Waals surface area contributed by atoms with Gasteiger partial charge in [-0.3, -0.25) is 5.32 Å². The quantitative estimate of drug-likeness (QED) is 0.671. The smallest absolute Gasteiger partial charge is 0.324 e. The summed E-state index contributed by atoms with van der Waals surface area (Å²) in [6.07, 6.45) is 3.18. The second kappa shape index (κ2) is 7.46. The number of amides is 2. The van der Waals surface area contributed by atoms with Crippen molar-refractivity contribution in [3.63, 3.8) is 0 Å². The van der Waals surface area contributed by atoms with E-state index in [4.69, 9.17) is 23.2 Å². The summed E-state index contributed by atoms with van der Waals surface area (Å²) >= 11 is 13.6. The molecule has 2 aromatic heterocycles. The summed E-state index contributed by atoms with van der Waals surface area (Å²) in [6.45, 7) is 3.80. The Balaban J connectivity index is 1.44. The first kappa shape index (κ1) is 18.2. The molecule has 0 radical (unpaired) electrons. The molecular formula is C17H16Cl2N6OS. The number of rotatable bonds is 2. The van der Waals surface area contributed by atoms with Crippen LogP contribution in [0.4, 0.5) is 15.7 Å². The Bertz CT molecular complexity index is 996. The molecule has 2 amide bonds. The van der Waals surface area contributed by atoms with E-state index < -0.39 is 0 Å². The molecule has 3 heterocycles. The van der Waals surface area contributed by atoms with Crippen molar-refractivity contribution >= 4 is 61.7 Å². The third-order valence-electron chi connectivity index (χ3n) is 4.39. The van der Waals surface area contributed by atoms with Crippen LogP contribution < -0.4 is 10.2 Å². The molecule has 1 aliphatic heterocycles. The van der Waals surface area contributed by atoms with E-state index in [2.05, 4.69) is 20.3 Å². The van der Waals surface area contributed by atoms with Crippen LogP contribution in [0.5, 0.6) is 0 Å². The molecule has 27 heavy (non-hydrogen) atoms. The summed E-state index contributed by atoms with van der Waals surface area (Å²) in [7, 11) is 0. The first-order chi connectivity index (χ1) is 13.0. The maximum atomic E-state index is 12.7. The van der Waals surface area contributed by atoms with Crippen LogP contribution in [0.25, 0.3) is 10.2 Å². The van der Waals surface area contributed by atoms with Gasteiger partial charge in [-0.05, 0) is 25.1 Å². The van der Waals surface area contributed by atoms with E-state index in [1.54, 1.807) is 23.4 Å². The van der Waals surface area contributed by atoms with Gasteiger partial charge in [0.05, 0.1) is 10.2 Å². The van der Waals surface area contributed by atoms with Crippen LogP contribution in [-0.2, 0) is 0 Å². The van der Waals surface area contributed by atoms with Crippen LogP contribution in [0.2, 0.25) is 10.2 Å². The molecule has 0 saturated carbocycles. The molecule has 140 valence electrons. The average molecular weight is 423 g/mol. The van der Waals surface area contributed by atoms with Gasteiger partial charge in [-0.25, -0.2) is 19.7 Å². The van der Waals surface area contributed by atoms with Crippen LogP contribution in [0.3, 0.4) is 0 Å². The van der Waals surface area contributed by atoms with Gasteiger partial charge >= 0.3 is 6.03 Å². The highest BCUT2D eigenvalue weighted by Crippen LogP contribution is 2.29. The normalized spacial score (nSPS) is 17.4. The fourth-order valence-electron chi connectivity index (χ4n) is 3.09. The minimum atomic E-state index is -0.169. The van der Waals surface area contributed by atoms with E-state index >= 15 is 0 Å². The number of carbonyl (C=O) groups is 1. The number of nitrogens with one attached hydrogen (secondary N) is 1. The number of piperazine rings is 1. The van der Waals surface area contributed by atoms with Crippen LogP contribution in [0.15, 0.2) is 30.6 Å². The summed E-state index contributed by atoms with van der Waals surface area (Å²) in [5.41, 5.74) is 0.815. The number of hydrogen-bond donors (Lipinski definition) is 1. The average Bonchev–Trinajstić information content (AvgIpc) is 3.03. The number of anilines is 2. The zero-order valence-electron chi connectivity index (χ0n) is 14.4. The molecule has 1 unspecified atom stereocenters. The van der Waals surface area contributed by atoms with Crippen LogP contribution in [-0.4, -0.2) is 51.6 Å². The Morgan fingerprint density at radius 1 is 1.26 bits per heavy atom. The van der Waals surface area contributed by atoms with E-state index in [-0.39, 0.29) is 12.1 Å². The molecule has 1 aliphatic rings. The van der Waals surface area contributed by atoms with Crippen molar-refractivity contribution in [2.75, 3.05) is 29.9 Å². The van der Waals surface area contributed by atoms with Crippen molar-refractivity contribution in [2.24, 2.45) is 0 Å². The number of carbonyl (C=O) groups excluding carboxylic acids is 1. The largest absolute Gasteiger partial charge is 0.350 e. The lowest BCUT2D eigenvalue weighted by molar-refractivity contribution is 0.184.